The van der Waals surface area contributed by atoms with E-state index < -0.39 is 21.0 Å². The van der Waals surface area contributed by atoms with Crippen LogP contribution in [-0.4, -0.2) is 3.26 Å². The van der Waals surface area contributed by atoms with Crippen molar-refractivity contribution in [2.45, 2.75) is 65.2 Å². The Hall–Kier alpha value is -3.88. The van der Waals surface area contributed by atoms with Crippen LogP contribution in [0.1, 0.15) is 81.3 Å². The molecule has 0 aliphatic heterocycles. The SMILES string of the molecule is CC(C)(C)c1cc2c(cc1-c1ccccc1)Cc1c-2cc(C(C)(C)C)c(-c2ccccc2)[c]1[Hf+2]([C]1=CC=CC1)=[C](c1ccccc1)c1ccccc1.[Cl-].[Cl-]. The third-order valence-electron chi connectivity index (χ3n) is 10.8. The third-order valence-corrected chi connectivity index (χ3v) is 22.1. The molecule has 2 aliphatic rings. The Morgan fingerprint density at radius 1 is 0.537 bits per heavy atom. The molecule has 0 fully saturated rings. The van der Waals surface area contributed by atoms with E-state index in [2.05, 4.69) is 199 Å². The summed E-state index contributed by atoms with van der Waals surface area (Å²) in [6, 6.07) is 52.8. The fourth-order valence-corrected chi connectivity index (χ4v) is 20.7. The predicted molar refractivity (Wildman–Crippen MR) is 221 cm³/mol. The van der Waals surface area contributed by atoms with Crippen molar-refractivity contribution in [1.29, 1.82) is 0 Å². The zero-order valence-corrected chi connectivity index (χ0v) is 37.3. The first-order valence-corrected chi connectivity index (χ1v) is 24.2. The van der Waals surface area contributed by atoms with Crippen LogP contribution in [0.5, 0.6) is 0 Å². The molecular formula is C51H48Cl2Hf. The molecular weight excluding hydrogens is 862 g/mol. The van der Waals surface area contributed by atoms with Gasteiger partial charge in [0.2, 0.25) is 0 Å². The van der Waals surface area contributed by atoms with Crippen molar-refractivity contribution in [2.24, 2.45) is 0 Å². The van der Waals surface area contributed by atoms with Crippen LogP contribution in [0.4, 0.5) is 0 Å². The monoisotopic (exact) mass is 910 g/mol. The second-order valence-corrected chi connectivity index (χ2v) is 25.1. The molecule has 0 N–H and O–H groups in total. The summed E-state index contributed by atoms with van der Waals surface area (Å²) in [5.41, 5.74) is 16.9. The number of benzene rings is 6. The summed E-state index contributed by atoms with van der Waals surface area (Å²) < 4.78 is 4.92. The minimum Gasteiger partial charge on any atom is -1.00 e. The second kappa shape index (κ2) is 16.1. The maximum absolute atomic E-state index is 3.25. The number of hydrogen-bond donors (Lipinski definition) is 0. The number of rotatable bonds is 6. The van der Waals surface area contributed by atoms with Crippen molar-refractivity contribution < 1.29 is 45.8 Å². The van der Waals surface area contributed by atoms with E-state index >= 15 is 0 Å². The molecule has 0 amide bonds. The van der Waals surface area contributed by atoms with Gasteiger partial charge >= 0.3 is 321 Å². The molecule has 2 aliphatic carbocycles. The summed E-state index contributed by atoms with van der Waals surface area (Å²) in [7, 11) is 0. The molecule has 0 bridgehead atoms. The van der Waals surface area contributed by atoms with E-state index in [1.54, 1.807) is 15.5 Å². The smallest absolute Gasteiger partial charge is 1.00 e. The first-order chi connectivity index (χ1) is 25.1. The Kier molecular flexibility index (Phi) is 11.8. The van der Waals surface area contributed by atoms with Gasteiger partial charge in [-0.2, -0.15) is 0 Å². The molecule has 0 spiro atoms. The van der Waals surface area contributed by atoms with Crippen LogP contribution in [0, 0.1) is 0 Å². The van der Waals surface area contributed by atoms with Crippen molar-refractivity contribution in [3.8, 4) is 33.4 Å². The zero-order valence-electron chi connectivity index (χ0n) is 32.2. The largest absolute Gasteiger partial charge is 1.00 e. The van der Waals surface area contributed by atoms with Crippen LogP contribution in [-0.2, 0) is 38.2 Å². The first kappa shape index (κ1) is 39.8. The van der Waals surface area contributed by atoms with Crippen molar-refractivity contribution >= 4 is 6.58 Å². The molecule has 54 heavy (non-hydrogen) atoms. The Morgan fingerprint density at radius 3 is 1.54 bits per heavy atom. The predicted octanol–water partition coefficient (Wildman–Crippen LogP) is 6.55. The summed E-state index contributed by atoms with van der Waals surface area (Å²) >= 11 is -3.25. The Balaban J connectivity index is 0.00000249. The van der Waals surface area contributed by atoms with E-state index in [4.69, 9.17) is 0 Å². The van der Waals surface area contributed by atoms with E-state index in [0.717, 1.165) is 12.8 Å². The molecule has 0 nitrogen and oxygen atoms in total. The molecule has 0 saturated heterocycles. The molecule has 3 heteroatoms. The van der Waals surface area contributed by atoms with Gasteiger partial charge in [0.15, 0.2) is 0 Å². The number of fused-ring (bicyclic) bond motifs is 3. The van der Waals surface area contributed by atoms with Crippen molar-refractivity contribution in [3.63, 3.8) is 0 Å². The van der Waals surface area contributed by atoms with Crippen LogP contribution in [0.2, 0.25) is 0 Å². The normalized spacial score (nSPS) is 12.8. The Labute approximate surface area is 342 Å². The van der Waals surface area contributed by atoms with Gasteiger partial charge in [0.25, 0.3) is 0 Å². The molecule has 6 aromatic rings. The van der Waals surface area contributed by atoms with E-state index in [-0.39, 0.29) is 35.6 Å². The molecule has 0 saturated carbocycles. The fourth-order valence-electron chi connectivity index (χ4n) is 8.37. The Bertz CT molecular complexity index is 2330. The quantitative estimate of drug-likeness (QED) is 0.166. The fraction of sp³-hybridized carbons (Fsp3) is 0.196. The number of allylic oxidation sites excluding steroid dienone is 4. The van der Waals surface area contributed by atoms with Gasteiger partial charge in [0.1, 0.15) is 0 Å². The van der Waals surface area contributed by atoms with Gasteiger partial charge in [-0.3, -0.25) is 0 Å². The average molecular weight is 910 g/mol. The van der Waals surface area contributed by atoms with E-state index in [1.165, 1.54) is 61.2 Å². The van der Waals surface area contributed by atoms with Gasteiger partial charge in [0, 0.05) is 0 Å². The maximum atomic E-state index is 2.61. The Morgan fingerprint density at radius 2 is 1.04 bits per heavy atom. The molecule has 8 rings (SSSR count). The molecule has 0 unspecified atom stereocenters. The van der Waals surface area contributed by atoms with Gasteiger partial charge in [-0.05, 0) is 0 Å². The van der Waals surface area contributed by atoms with Crippen molar-refractivity contribution in [2.75, 3.05) is 0 Å². The minimum atomic E-state index is -3.25. The molecule has 0 heterocycles. The zero-order chi connectivity index (χ0) is 36.0. The summed E-state index contributed by atoms with van der Waals surface area (Å²) in [4.78, 5) is 0. The molecule has 0 aromatic heterocycles. The number of hydrogen-bond acceptors (Lipinski definition) is 0. The van der Waals surface area contributed by atoms with Crippen LogP contribution in [0.15, 0.2) is 161 Å². The van der Waals surface area contributed by atoms with Gasteiger partial charge in [-0.25, -0.2) is 0 Å². The maximum Gasteiger partial charge on any atom is -1.00 e. The van der Waals surface area contributed by atoms with E-state index in [0.29, 0.717) is 0 Å². The summed E-state index contributed by atoms with van der Waals surface area (Å²) in [5.74, 6) is 0. The van der Waals surface area contributed by atoms with Crippen molar-refractivity contribution in [1.82, 2.24) is 0 Å². The van der Waals surface area contributed by atoms with Gasteiger partial charge < -0.3 is 24.8 Å². The van der Waals surface area contributed by atoms with E-state index in [1.807, 2.05) is 0 Å². The van der Waals surface area contributed by atoms with Crippen LogP contribution >= 0.6 is 0 Å². The second-order valence-electron chi connectivity index (χ2n) is 16.5. The van der Waals surface area contributed by atoms with Crippen molar-refractivity contribution in [3.05, 3.63) is 194 Å². The summed E-state index contributed by atoms with van der Waals surface area (Å²) in [6.07, 6.45) is 9.19. The first-order valence-electron chi connectivity index (χ1n) is 18.8. The van der Waals surface area contributed by atoms with Crippen LogP contribution < -0.4 is 28.1 Å². The summed E-state index contributed by atoms with van der Waals surface area (Å²) in [5, 5.41) is 0. The molecule has 270 valence electrons. The third kappa shape index (κ3) is 7.53. The van der Waals surface area contributed by atoms with Gasteiger partial charge in [-0.1, -0.05) is 0 Å². The van der Waals surface area contributed by atoms with E-state index in [9.17, 15) is 0 Å². The molecule has 6 aromatic carbocycles. The number of halogens is 2. The molecule has 0 radical (unpaired) electrons. The van der Waals surface area contributed by atoms with Crippen LogP contribution in [0.3, 0.4) is 0 Å². The average Bonchev–Trinajstić information content (AvgIpc) is 3.82. The van der Waals surface area contributed by atoms with Gasteiger partial charge in [0.05, 0.1) is 0 Å². The topological polar surface area (TPSA) is 0 Å². The van der Waals surface area contributed by atoms with Gasteiger partial charge in [-0.15, -0.1) is 0 Å². The molecule has 0 atom stereocenters. The minimum absolute atomic E-state index is 0. The van der Waals surface area contributed by atoms with Crippen LogP contribution in [0.25, 0.3) is 33.4 Å². The summed E-state index contributed by atoms with van der Waals surface area (Å²) in [6.45, 7) is 14.4. The standard InChI is InChI=1S/C33H33.C13H10.C5H5.2ClH.Hf/c1-32(2,3)30-20-26-24(18-28(30)22-13-9-7-10-14-22)17-25-19-29(23-15-11-8-12-16-23)31(21-27(25)26)33(4,5)6;1-3-7-12(8-4-1)11-13-9-5-2-6-10-13;1-2-4-5-3-1;;;/h7-16,18,20-21H,17H2,1-6H3;1-10H;1-3H,4H2;2*1H;/q;;;;;+2/p-2.